The van der Waals surface area contributed by atoms with Crippen molar-refractivity contribution in [2.24, 2.45) is 5.73 Å². The first-order valence-electron chi connectivity index (χ1n) is 6.75. The maximum absolute atomic E-state index is 6.45. The largest absolute Gasteiger partial charge is 0.497 e. The van der Waals surface area contributed by atoms with Gasteiger partial charge in [-0.05, 0) is 37.5 Å². The van der Waals surface area contributed by atoms with Crippen molar-refractivity contribution >= 4 is 0 Å². The van der Waals surface area contributed by atoms with E-state index in [9.17, 15) is 0 Å². The number of benzene rings is 1. The molecular weight excluding hydrogens is 226 g/mol. The SMILES string of the molecule is CCOC1(C(N)c2ccc(OC)cc2)CCCC1. The molecule has 1 fully saturated rings. The molecule has 3 heteroatoms. The molecule has 1 aromatic carbocycles. The van der Waals surface area contributed by atoms with Crippen molar-refractivity contribution in [1.82, 2.24) is 0 Å². The van der Waals surface area contributed by atoms with Crippen LogP contribution in [-0.4, -0.2) is 19.3 Å². The fourth-order valence-electron chi connectivity index (χ4n) is 2.92. The summed E-state index contributed by atoms with van der Waals surface area (Å²) in [6.45, 7) is 2.77. The smallest absolute Gasteiger partial charge is 0.118 e. The normalized spacial score (nSPS) is 19.7. The Morgan fingerprint density at radius 2 is 1.83 bits per heavy atom. The molecule has 18 heavy (non-hydrogen) atoms. The van der Waals surface area contributed by atoms with Crippen molar-refractivity contribution < 1.29 is 9.47 Å². The Kier molecular flexibility index (Phi) is 4.25. The van der Waals surface area contributed by atoms with Crippen molar-refractivity contribution in [3.8, 4) is 5.75 Å². The Hall–Kier alpha value is -1.06. The number of ether oxygens (including phenoxy) is 2. The van der Waals surface area contributed by atoms with Crippen LogP contribution in [0.5, 0.6) is 5.75 Å². The zero-order chi connectivity index (χ0) is 13.0. The number of nitrogens with two attached hydrogens (primary N) is 1. The van der Waals surface area contributed by atoms with Gasteiger partial charge < -0.3 is 15.2 Å². The lowest BCUT2D eigenvalue weighted by Gasteiger charge is -2.35. The number of hydrogen-bond donors (Lipinski definition) is 1. The molecule has 1 aliphatic carbocycles. The molecule has 0 spiro atoms. The maximum Gasteiger partial charge on any atom is 0.118 e. The molecule has 1 unspecified atom stereocenters. The van der Waals surface area contributed by atoms with Crippen molar-refractivity contribution in [1.29, 1.82) is 0 Å². The van der Waals surface area contributed by atoms with Crippen LogP contribution in [0, 0.1) is 0 Å². The molecule has 0 aromatic heterocycles. The van der Waals surface area contributed by atoms with Crippen LogP contribution in [0.1, 0.15) is 44.2 Å². The molecule has 2 rings (SSSR count). The fourth-order valence-corrected chi connectivity index (χ4v) is 2.92. The summed E-state index contributed by atoms with van der Waals surface area (Å²) in [5.74, 6) is 0.864. The topological polar surface area (TPSA) is 44.5 Å². The van der Waals surface area contributed by atoms with Crippen LogP contribution in [0.2, 0.25) is 0 Å². The standard InChI is InChI=1S/C15H23NO2/c1-3-18-15(10-4-5-11-15)14(16)12-6-8-13(17-2)9-7-12/h6-9,14H,3-5,10-11,16H2,1-2H3. The summed E-state index contributed by atoms with van der Waals surface area (Å²) in [7, 11) is 1.67. The lowest BCUT2D eigenvalue weighted by Crippen LogP contribution is -2.41. The molecule has 1 aromatic rings. The van der Waals surface area contributed by atoms with E-state index in [-0.39, 0.29) is 11.6 Å². The van der Waals surface area contributed by atoms with Gasteiger partial charge in [-0.15, -0.1) is 0 Å². The molecule has 0 radical (unpaired) electrons. The molecule has 0 aliphatic heterocycles. The molecule has 100 valence electrons. The van der Waals surface area contributed by atoms with Crippen molar-refractivity contribution in [2.75, 3.05) is 13.7 Å². The van der Waals surface area contributed by atoms with E-state index in [0.717, 1.165) is 30.8 Å². The van der Waals surface area contributed by atoms with Crippen LogP contribution < -0.4 is 10.5 Å². The molecule has 3 nitrogen and oxygen atoms in total. The van der Waals surface area contributed by atoms with Crippen molar-refractivity contribution in [3.63, 3.8) is 0 Å². The third-order valence-corrected chi connectivity index (χ3v) is 3.92. The summed E-state index contributed by atoms with van der Waals surface area (Å²) in [4.78, 5) is 0. The Balaban J connectivity index is 2.19. The molecule has 0 bridgehead atoms. The zero-order valence-electron chi connectivity index (χ0n) is 11.3. The summed E-state index contributed by atoms with van der Waals surface area (Å²) in [6, 6.07) is 7.96. The molecule has 2 N–H and O–H groups in total. The van der Waals surface area contributed by atoms with Gasteiger partial charge in [0.1, 0.15) is 5.75 Å². The predicted octanol–water partition coefficient (Wildman–Crippen LogP) is 3.04. The number of rotatable bonds is 5. The van der Waals surface area contributed by atoms with E-state index in [0.29, 0.717) is 0 Å². The summed E-state index contributed by atoms with van der Waals surface area (Å²) in [5, 5.41) is 0. The molecule has 1 atom stereocenters. The lowest BCUT2D eigenvalue weighted by molar-refractivity contribution is -0.0536. The van der Waals surface area contributed by atoms with Gasteiger partial charge in [-0.2, -0.15) is 0 Å². The number of methoxy groups -OCH3 is 1. The molecule has 0 saturated heterocycles. The van der Waals surface area contributed by atoms with Gasteiger partial charge in [0.15, 0.2) is 0 Å². The highest BCUT2D eigenvalue weighted by Crippen LogP contribution is 2.41. The van der Waals surface area contributed by atoms with E-state index >= 15 is 0 Å². The van der Waals surface area contributed by atoms with Crippen molar-refractivity contribution in [2.45, 2.75) is 44.2 Å². The highest BCUT2D eigenvalue weighted by molar-refractivity contribution is 5.30. The lowest BCUT2D eigenvalue weighted by atomic mass is 9.87. The minimum absolute atomic E-state index is 0.0501. The van der Waals surface area contributed by atoms with Crippen LogP contribution >= 0.6 is 0 Å². The summed E-state index contributed by atoms with van der Waals surface area (Å²) in [5.41, 5.74) is 7.41. The fraction of sp³-hybridized carbons (Fsp3) is 0.600. The van der Waals surface area contributed by atoms with Crippen LogP contribution in [0.4, 0.5) is 0 Å². The van der Waals surface area contributed by atoms with Gasteiger partial charge in [-0.25, -0.2) is 0 Å². The van der Waals surface area contributed by atoms with E-state index in [1.165, 1.54) is 12.8 Å². The van der Waals surface area contributed by atoms with Crippen LogP contribution in [0.25, 0.3) is 0 Å². The Morgan fingerprint density at radius 3 is 2.33 bits per heavy atom. The second-order valence-electron chi connectivity index (χ2n) is 4.96. The third kappa shape index (κ3) is 2.52. The summed E-state index contributed by atoms with van der Waals surface area (Å²) in [6.07, 6.45) is 4.55. The molecular formula is C15H23NO2. The van der Waals surface area contributed by atoms with Crippen molar-refractivity contribution in [3.05, 3.63) is 29.8 Å². The Bertz CT molecular complexity index is 369. The monoisotopic (exact) mass is 249 g/mol. The Morgan fingerprint density at radius 1 is 1.22 bits per heavy atom. The van der Waals surface area contributed by atoms with E-state index in [1.807, 2.05) is 31.2 Å². The van der Waals surface area contributed by atoms with Gasteiger partial charge in [0, 0.05) is 6.61 Å². The third-order valence-electron chi connectivity index (χ3n) is 3.92. The van der Waals surface area contributed by atoms with Gasteiger partial charge >= 0.3 is 0 Å². The maximum atomic E-state index is 6.45. The first-order valence-corrected chi connectivity index (χ1v) is 6.75. The molecule has 0 heterocycles. The molecule has 1 saturated carbocycles. The molecule has 0 amide bonds. The molecule has 1 aliphatic rings. The first-order chi connectivity index (χ1) is 8.72. The predicted molar refractivity (Wildman–Crippen MR) is 72.7 cm³/mol. The van der Waals surface area contributed by atoms with E-state index in [2.05, 4.69) is 0 Å². The summed E-state index contributed by atoms with van der Waals surface area (Å²) >= 11 is 0. The van der Waals surface area contributed by atoms with Gasteiger partial charge in [-0.1, -0.05) is 25.0 Å². The van der Waals surface area contributed by atoms with Gasteiger partial charge in [0.05, 0.1) is 18.8 Å². The highest BCUT2D eigenvalue weighted by atomic mass is 16.5. The average Bonchev–Trinajstić information content (AvgIpc) is 2.88. The second kappa shape index (κ2) is 5.72. The number of hydrogen-bond acceptors (Lipinski definition) is 3. The van der Waals surface area contributed by atoms with Crippen LogP contribution in [-0.2, 0) is 4.74 Å². The second-order valence-corrected chi connectivity index (χ2v) is 4.96. The quantitative estimate of drug-likeness (QED) is 0.872. The average molecular weight is 249 g/mol. The summed E-state index contributed by atoms with van der Waals surface area (Å²) < 4.78 is 11.2. The van der Waals surface area contributed by atoms with Crippen LogP contribution in [0.3, 0.4) is 0 Å². The van der Waals surface area contributed by atoms with E-state index in [1.54, 1.807) is 7.11 Å². The highest BCUT2D eigenvalue weighted by Gasteiger charge is 2.40. The van der Waals surface area contributed by atoms with Crippen LogP contribution in [0.15, 0.2) is 24.3 Å². The van der Waals surface area contributed by atoms with E-state index in [4.69, 9.17) is 15.2 Å². The zero-order valence-corrected chi connectivity index (χ0v) is 11.3. The van der Waals surface area contributed by atoms with E-state index < -0.39 is 0 Å². The van der Waals surface area contributed by atoms with Gasteiger partial charge in [0.2, 0.25) is 0 Å². The minimum atomic E-state index is -0.163. The Labute approximate surface area is 109 Å². The minimum Gasteiger partial charge on any atom is -0.497 e. The first kappa shape index (κ1) is 13.4. The van der Waals surface area contributed by atoms with Gasteiger partial charge in [-0.3, -0.25) is 0 Å². The van der Waals surface area contributed by atoms with Gasteiger partial charge in [0.25, 0.3) is 0 Å².